The van der Waals surface area contributed by atoms with Gasteiger partial charge in [-0.15, -0.1) is 0 Å². The van der Waals surface area contributed by atoms with E-state index in [1.54, 1.807) is 4.90 Å². The van der Waals surface area contributed by atoms with Crippen LogP contribution in [0.2, 0.25) is 10.0 Å². The number of aromatic hydroxyl groups is 1. The maximum Gasteiger partial charge on any atom is 0.410 e. The van der Waals surface area contributed by atoms with Gasteiger partial charge in [-0.2, -0.15) is 0 Å². The van der Waals surface area contributed by atoms with Crippen molar-refractivity contribution in [2.75, 3.05) is 13.2 Å². The summed E-state index contributed by atoms with van der Waals surface area (Å²) in [6.45, 7) is 0.183. The zero-order chi connectivity index (χ0) is 14.4. The average molecular weight is 318 g/mol. The van der Waals surface area contributed by atoms with Crippen molar-refractivity contribution in [2.45, 2.75) is 24.5 Å². The number of phenols is 1. The topological polar surface area (TPSA) is 70.0 Å². The third-order valence-corrected chi connectivity index (χ3v) is 4.78. The minimum Gasteiger partial charge on any atom is -0.508 e. The fourth-order valence-electron chi connectivity index (χ4n) is 3.02. The van der Waals surface area contributed by atoms with Gasteiger partial charge in [0.15, 0.2) is 0 Å². The fourth-order valence-corrected chi connectivity index (χ4v) is 3.50. The third kappa shape index (κ3) is 2.01. The van der Waals surface area contributed by atoms with E-state index in [1.807, 2.05) is 0 Å². The number of ether oxygens (including phenoxy) is 1. The van der Waals surface area contributed by atoms with E-state index in [0.29, 0.717) is 28.6 Å². The molecule has 0 saturated carbocycles. The monoisotopic (exact) mass is 317 g/mol. The Morgan fingerprint density at radius 2 is 2.15 bits per heavy atom. The minimum absolute atomic E-state index is 0.0690. The first-order valence-electron chi connectivity index (χ1n) is 6.28. The first kappa shape index (κ1) is 13.8. The number of fused-ring (bicyclic) bond motifs is 1. The summed E-state index contributed by atoms with van der Waals surface area (Å²) >= 11 is 12.1. The van der Waals surface area contributed by atoms with Crippen molar-refractivity contribution < 1.29 is 19.7 Å². The van der Waals surface area contributed by atoms with Gasteiger partial charge in [-0.05, 0) is 18.6 Å². The van der Waals surface area contributed by atoms with Crippen LogP contribution in [0.1, 0.15) is 17.9 Å². The summed E-state index contributed by atoms with van der Waals surface area (Å²) in [5, 5.41) is 19.9. The van der Waals surface area contributed by atoms with E-state index in [0.717, 1.165) is 0 Å². The third-order valence-electron chi connectivity index (χ3n) is 3.96. The van der Waals surface area contributed by atoms with Gasteiger partial charge in [0, 0.05) is 18.0 Å². The van der Waals surface area contributed by atoms with Crippen molar-refractivity contribution in [2.24, 2.45) is 0 Å². The van der Waals surface area contributed by atoms with E-state index >= 15 is 0 Å². The number of amides is 1. The zero-order valence-electron chi connectivity index (χ0n) is 10.4. The minimum atomic E-state index is -0.521. The first-order chi connectivity index (χ1) is 9.52. The molecule has 2 aliphatic rings. The summed E-state index contributed by atoms with van der Waals surface area (Å²) in [6.07, 6.45) is -0.383. The molecule has 0 bridgehead atoms. The molecule has 1 aromatic rings. The summed E-state index contributed by atoms with van der Waals surface area (Å²) in [5.41, 5.74) is 0.554. The molecule has 5 nitrogen and oxygen atoms in total. The summed E-state index contributed by atoms with van der Waals surface area (Å²) in [6, 6.07) is 2.84. The van der Waals surface area contributed by atoms with Crippen LogP contribution in [0.4, 0.5) is 4.79 Å². The number of carbonyl (C=O) groups is 1. The molecule has 2 aliphatic heterocycles. The van der Waals surface area contributed by atoms with Crippen molar-refractivity contribution in [3.63, 3.8) is 0 Å². The lowest BCUT2D eigenvalue weighted by atomic mass is 9.94. The Morgan fingerprint density at radius 3 is 2.85 bits per heavy atom. The lowest BCUT2D eigenvalue weighted by Gasteiger charge is -2.16. The SMILES string of the molecule is O=C1OC(CO)[C@@H]2C[C@H](c3c(O)ccc(Cl)c3Cl)CN12. The normalized spacial score (nSPS) is 28.6. The summed E-state index contributed by atoms with van der Waals surface area (Å²) in [5.74, 6) is -0.0485. The molecule has 1 aromatic carbocycles. The van der Waals surface area contributed by atoms with E-state index in [9.17, 15) is 15.0 Å². The van der Waals surface area contributed by atoms with Gasteiger partial charge >= 0.3 is 6.09 Å². The number of halogens is 2. The van der Waals surface area contributed by atoms with Crippen LogP contribution in [0.25, 0.3) is 0 Å². The maximum absolute atomic E-state index is 11.7. The average Bonchev–Trinajstić information content (AvgIpc) is 2.96. The fraction of sp³-hybridized carbons (Fsp3) is 0.462. The molecule has 7 heteroatoms. The first-order valence-corrected chi connectivity index (χ1v) is 7.03. The molecule has 0 aromatic heterocycles. The molecule has 1 amide bonds. The van der Waals surface area contributed by atoms with Crippen LogP contribution in [0.5, 0.6) is 5.75 Å². The molecule has 2 saturated heterocycles. The van der Waals surface area contributed by atoms with Gasteiger partial charge in [-0.3, -0.25) is 0 Å². The van der Waals surface area contributed by atoms with Gasteiger partial charge in [-0.1, -0.05) is 23.2 Å². The van der Waals surface area contributed by atoms with Crippen molar-refractivity contribution in [1.29, 1.82) is 0 Å². The van der Waals surface area contributed by atoms with Crippen molar-refractivity contribution in [1.82, 2.24) is 4.90 Å². The van der Waals surface area contributed by atoms with Gasteiger partial charge in [0.1, 0.15) is 11.9 Å². The molecule has 0 radical (unpaired) electrons. The molecule has 20 heavy (non-hydrogen) atoms. The van der Waals surface area contributed by atoms with E-state index < -0.39 is 12.2 Å². The van der Waals surface area contributed by atoms with Crippen LogP contribution < -0.4 is 0 Å². The number of phenolic OH excluding ortho intramolecular Hbond substituents is 1. The Balaban J connectivity index is 1.92. The second-order valence-corrected chi connectivity index (χ2v) is 5.84. The molecule has 2 fully saturated rings. The van der Waals surface area contributed by atoms with Gasteiger partial charge in [0.2, 0.25) is 0 Å². The number of hydrogen-bond donors (Lipinski definition) is 2. The van der Waals surface area contributed by atoms with Crippen LogP contribution in [0.3, 0.4) is 0 Å². The highest BCUT2D eigenvalue weighted by molar-refractivity contribution is 6.42. The molecular formula is C13H13Cl2NO4. The van der Waals surface area contributed by atoms with E-state index in [-0.39, 0.29) is 24.3 Å². The van der Waals surface area contributed by atoms with Crippen LogP contribution in [-0.2, 0) is 4.74 Å². The molecule has 108 valence electrons. The number of nitrogens with zero attached hydrogens (tertiary/aromatic N) is 1. The van der Waals surface area contributed by atoms with E-state index in [4.69, 9.17) is 27.9 Å². The Hall–Kier alpha value is -1.17. The van der Waals surface area contributed by atoms with Crippen molar-refractivity contribution >= 4 is 29.3 Å². The molecule has 1 unspecified atom stereocenters. The van der Waals surface area contributed by atoms with E-state index in [2.05, 4.69) is 0 Å². The number of aliphatic hydroxyl groups is 1. The highest BCUT2D eigenvalue weighted by Gasteiger charge is 2.48. The van der Waals surface area contributed by atoms with Crippen molar-refractivity contribution in [3.8, 4) is 5.75 Å². The second-order valence-electron chi connectivity index (χ2n) is 5.05. The maximum atomic E-state index is 11.7. The quantitative estimate of drug-likeness (QED) is 0.878. The molecule has 0 spiro atoms. The zero-order valence-corrected chi connectivity index (χ0v) is 11.9. The smallest absolute Gasteiger partial charge is 0.410 e. The lowest BCUT2D eigenvalue weighted by Crippen LogP contribution is -2.32. The predicted octanol–water partition coefficient (Wildman–Crippen LogP) is 2.37. The van der Waals surface area contributed by atoms with Crippen LogP contribution in [0, 0.1) is 0 Å². The highest BCUT2D eigenvalue weighted by atomic mass is 35.5. The number of rotatable bonds is 2. The molecule has 2 N–H and O–H groups in total. The summed E-state index contributed by atoms with van der Waals surface area (Å²) in [4.78, 5) is 13.3. The number of hydrogen-bond acceptors (Lipinski definition) is 4. The van der Waals surface area contributed by atoms with E-state index in [1.165, 1.54) is 12.1 Å². The van der Waals surface area contributed by atoms with Gasteiger partial charge < -0.3 is 19.8 Å². The molecular weight excluding hydrogens is 305 g/mol. The summed E-state index contributed by atoms with van der Waals surface area (Å²) in [7, 11) is 0. The van der Waals surface area contributed by atoms with Gasteiger partial charge in [0.05, 0.1) is 22.7 Å². The Labute approximate surface area is 125 Å². The molecule has 3 atom stereocenters. The lowest BCUT2D eigenvalue weighted by molar-refractivity contribution is 0.0810. The van der Waals surface area contributed by atoms with Gasteiger partial charge in [0.25, 0.3) is 0 Å². The highest BCUT2D eigenvalue weighted by Crippen LogP contribution is 2.45. The molecule has 2 heterocycles. The Kier molecular flexibility index (Phi) is 3.44. The van der Waals surface area contributed by atoms with Crippen LogP contribution >= 0.6 is 23.2 Å². The second kappa shape index (κ2) is 4.98. The van der Waals surface area contributed by atoms with Crippen LogP contribution in [0.15, 0.2) is 12.1 Å². The Bertz CT molecular complexity index is 566. The number of benzene rings is 1. The Morgan fingerprint density at radius 1 is 1.40 bits per heavy atom. The van der Waals surface area contributed by atoms with Crippen LogP contribution in [-0.4, -0.2) is 46.5 Å². The number of aliphatic hydroxyl groups excluding tert-OH is 1. The summed E-state index contributed by atoms with van der Waals surface area (Å²) < 4.78 is 5.06. The standard InChI is InChI=1S/C13H13Cl2NO4/c14-7-1-2-9(18)11(12(7)15)6-3-8-10(5-17)20-13(19)16(8)4-6/h1-2,6,8,10,17-18H,3-5H2/t6-,8-,10?/m0/s1. The molecule has 3 rings (SSSR count). The molecule has 0 aliphatic carbocycles. The van der Waals surface area contributed by atoms with Crippen molar-refractivity contribution in [3.05, 3.63) is 27.7 Å². The van der Waals surface area contributed by atoms with Gasteiger partial charge in [-0.25, -0.2) is 4.79 Å². The predicted molar refractivity (Wildman–Crippen MR) is 73.3 cm³/mol. The number of carbonyl (C=O) groups excluding carboxylic acids is 1. The largest absolute Gasteiger partial charge is 0.508 e. The number of cyclic esters (lactones) is 1.